The summed E-state index contributed by atoms with van der Waals surface area (Å²) in [6.45, 7) is 2.31. The zero-order valence-corrected chi connectivity index (χ0v) is 14.2. The molecule has 0 aliphatic rings. The van der Waals surface area contributed by atoms with Gasteiger partial charge in [0, 0.05) is 17.6 Å². The molecule has 0 fully saturated rings. The highest BCUT2D eigenvalue weighted by atomic mass is 79.9. The number of hydrogen-bond donors (Lipinski definition) is 3. The number of halogens is 1. The molecule has 2 aromatic rings. The van der Waals surface area contributed by atoms with Crippen molar-refractivity contribution >= 4 is 26.0 Å². The molecule has 6 nitrogen and oxygen atoms in total. The fourth-order valence-electron chi connectivity index (χ4n) is 2.01. The Kier molecular flexibility index (Phi) is 5.15. The Balaban J connectivity index is 2.21. The van der Waals surface area contributed by atoms with Crippen molar-refractivity contribution in [2.75, 3.05) is 7.05 Å². The molecule has 0 atom stereocenters. The first-order valence-corrected chi connectivity index (χ1v) is 8.64. The summed E-state index contributed by atoms with van der Waals surface area (Å²) < 4.78 is 28.4. The van der Waals surface area contributed by atoms with E-state index in [1.54, 1.807) is 14.0 Å². The number of H-pyrrole nitrogens is 1. The van der Waals surface area contributed by atoms with Crippen molar-refractivity contribution in [3.63, 3.8) is 0 Å². The molecule has 1 heterocycles. The molecule has 0 saturated heterocycles. The first-order valence-electron chi connectivity index (χ1n) is 6.36. The van der Waals surface area contributed by atoms with Gasteiger partial charge in [0.25, 0.3) is 0 Å². The Labute approximate surface area is 132 Å². The zero-order valence-electron chi connectivity index (χ0n) is 11.8. The highest BCUT2D eigenvalue weighted by Gasteiger charge is 2.23. The van der Waals surface area contributed by atoms with Gasteiger partial charge in [0.2, 0.25) is 10.0 Å². The maximum absolute atomic E-state index is 12.5. The predicted molar refractivity (Wildman–Crippen MR) is 84.3 cm³/mol. The largest absolute Gasteiger partial charge is 0.314 e. The number of nitrogens with zero attached hydrogens (tertiary/aromatic N) is 1. The van der Waals surface area contributed by atoms with E-state index >= 15 is 0 Å². The zero-order chi connectivity index (χ0) is 15.5. The van der Waals surface area contributed by atoms with Crippen molar-refractivity contribution in [3.05, 3.63) is 45.7 Å². The summed E-state index contributed by atoms with van der Waals surface area (Å²) in [4.78, 5) is 0.215. The summed E-state index contributed by atoms with van der Waals surface area (Å²) >= 11 is 3.36. The molecule has 3 N–H and O–H groups in total. The molecule has 0 unspecified atom stereocenters. The molecule has 2 rings (SSSR count). The molecule has 0 aliphatic carbocycles. The van der Waals surface area contributed by atoms with Crippen LogP contribution in [0.5, 0.6) is 0 Å². The number of nitrogens with one attached hydrogen (secondary N) is 3. The molecule has 1 aromatic carbocycles. The van der Waals surface area contributed by atoms with Crippen LogP contribution in [0.2, 0.25) is 0 Å². The number of aryl methyl sites for hydroxylation is 1. The summed E-state index contributed by atoms with van der Waals surface area (Å²) in [7, 11) is -1.87. The Morgan fingerprint density at radius 3 is 2.76 bits per heavy atom. The number of benzene rings is 1. The summed E-state index contributed by atoms with van der Waals surface area (Å²) in [6.07, 6.45) is 0. The average molecular weight is 373 g/mol. The number of hydrogen-bond acceptors (Lipinski definition) is 4. The molecular formula is C13H17BrN4O2S. The summed E-state index contributed by atoms with van der Waals surface area (Å²) in [5.74, 6) is 0. The van der Waals surface area contributed by atoms with Crippen molar-refractivity contribution in [2.24, 2.45) is 0 Å². The van der Waals surface area contributed by atoms with Crippen molar-refractivity contribution in [1.82, 2.24) is 20.2 Å². The second-order valence-electron chi connectivity index (χ2n) is 4.61. The smallest absolute Gasteiger partial charge is 0.244 e. The van der Waals surface area contributed by atoms with E-state index in [2.05, 4.69) is 36.2 Å². The molecule has 1 aromatic heterocycles. The molecule has 0 aliphatic heterocycles. The second kappa shape index (κ2) is 6.69. The van der Waals surface area contributed by atoms with Gasteiger partial charge in [-0.2, -0.15) is 5.10 Å². The van der Waals surface area contributed by atoms with Gasteiger partial charge in [0.05, 0.1) is 11.4 Å². The van der Waals surface area contributed by atoms with E-state index in [-0.39, 0.29) is 11.4 Å². The maximum Gasteiger partial charge on any atom is 0.244 e. The van der Waals surface area contributed by atoms with Crippen LogP contribution in [-0.4, -0.2) is 25.7 Å². The number of sulfonamides is 1. The van der Waals surface area contributed by atoms with E-state index in [1.165, 1.54) is 0 Å². The standard InChI is InChI=1S/C13H17BrN4O2S/c1-9-13(12(8-15-2)18-17-9)21(19,20)16-7-10-4-3-5-11(14)6-10/h3-6,15-16H,7-8H2,1-2H3,(H,17,18). The molecule has 114 valence electrons. The van der Waals surface area contributed by atoms with Gasteiger partial charge < -0.3 is 5.32 Å². The third kappa shape index (κ3) is 3.91. The van der Waals surface area contributed by atoms with E-state index in [1.807, 2.05) is 24.3 Å². The van der Waals surface area contributed by atoms with Crippen LogP contribution < -0.4 is 10.0 Å². The summed E-state index contributed by atoms with van der Waals surface area (Å²) in [5.41, 5.74) is 1.89. The fourth-order valence-corrected chi connectivity index (χ4v) is 3.84. The van der Waals surface area contributed by atoms with Crippen LogP contribution in [0, 0.1) is 6.92 Å². The van der Waals surface area contributed by atoms with Crippen LogP contribution in [0.25, 0.3) is 0 Å². The van der Waals surface area contributed by atoms with Crippen molar-refractivity contribution in [2.45, 2.75) is 24.9 Å². The quantitative estimate of drug-likeness (QED) is 0.719. The molecule has 8 heteroatoms. The van der Waals surface area contributed by atoms with Crippen LogP contribution in [0.15, 0.2) is 33.6 Å². The number of aromatic amines is 1. The number of rotatable bonds is 6. The lowest BCUT2D eigenvalue weighted by molar-refractivity contribution is 0.578. The predicted octanol–water partition coefficient (Wildman–Crippen LogP) is 1.68. The van der Waals surface area contributed by atoms with E-state index < -0.39 is 10.0 Å². The maximum atomic E-state index is 12.5. The Morgan fingerprint density at radius 1 is 1.33 bits per heavy atom. The fraction of sp³-hybridized carbons (Fsp3) is 0.308. The van der Waals surface area contributed by atoms with Gasteiger partial charge in [-0.3, -0.25) is 5.10 Å². The summed E-state index contributed by atoms with van der Waals surface area (Å²) in [5, 5.41) is 9.66. The van der Waals surface area contributed by atoms with Crippen LogP contribution in [0.4, 0.5) is 0 Å². The van der Waals surface area contributed by atoms with Crippen molar-refractivity contribution < 1.29 is 8.42 Å². The minimum absolute atomic E-state index is 0.215. The first kappa shape index (κ1) is 16.2. The Morgan fingerprint density at radius 2 is 2.10 bits per heavy atom. The van der Waals surface area contributed by atoms with Gasteiger partial charge in [-0.15, -0.1) is 0 Å². The third-order valence-electron chi connectivity index (χ3n) is 2.93. The van der Waals surface area contributed by atoms with Gasteiger partial charge in [0.15, 0.2) is 0 Å². The van der Waals surface area contributed by atoms with Gasteiger partial charge in [-0.1, -0.05) is 28.1 Å². The van der Waals surface area contributed by atoms with Crippen LogP contribution in [-0.2, 0) is 23.1 Å². The average Bonchev–Trinajstić information content (AvgIpc) is 2.79. The minimum atomic E-state index is -3.61. The van der Waals surface area contributed by atoms with Crippen LogP contribution in [0.1, 0.15) is 17.0 Å². The lowest BCUT2D eigenvalue weighted by Gasteiger charge is -2.08. The number of aromatic nitrogens is 2. The van der Waals surface area contributed by atoms with Crippen molar-refractivity contribution in [3.8, 4) is 0 Å². The molecule has 0 amide bonds. The molecule has 21 heavy (non-hydrogen) atoms. The van der Waals surface area contributed by atoms with E-state index in [0.29, 0.717) is 17.9 Å². The van der Waals surface area contributed by atoms with Crippen LogP contribution in [0.3, 0.4) is 0 Å². The molecular weight excluding hydrogens is 356 g/mol. The topological polar surface area (TPSA) is 86.9 Å². The molecule has 0 radical (unpaired) electrons. The highest BCUT2D eigenvalue weighted by Crippen LogP contribution is 2.18. The lowest BCUT2D eigenvalue weighted by atomic mass is 10.2. The second-order valence-corrected chi connectivity index (χ2v) is 7.23. The first-order chi connectivity index (χ1) is 9.94. The van der Waals surface area contributed by atoms with Gasteiger partial charge >= 0.3 is 0 Å². The van der Waals surface area contributed by atoms with Gasteiger partial charge in [0.1, 0.15) is 4.90 Å². The monoisotopic (exact) mass is 372 g/mol. The van der Waals surface area contributed by atoms with E-state index in [4.69, 9.17) is 0 Å². The van der Waals surface area contributed by atoms with Crippen molar-refractivity contribution in [1.29, 1.82) is 0 Å². The Hall–Kier alpha value is -1.22. The lowest BCUT2D eigenvalue weighted by Crippen LogP contribution is -2.25. The molecule has 0 saturated carbocycles. The highest BCUT2D eigenvalue weighted by molar-refractivity contribution is 9.10. The molecule has 0 bridgehead atoms. The van der Waals surface area contributed by atoms with Gasteiger partial charge in [-0.25, -0.2) is 13.1 Å². The van der Waals surface area contributed by atoms with E-state index in [9.17, 15) is 8.42 Å². The Bertz CT molecular complexity index is 728. The van der Waals surface area contributed by atoms with Gasteiger partial charge in [-0.05, 0) is 31.7 Å². The summed E-state index contributed by atoms with van der Waals surface area (Å²) in [6, 6.07) is 7.50. The third-order valence-corrected chi connectivity index (χ3v) is 5.03. The van der Waals surface area contributed by atoms with Crippen LogP contribution >= 0.6 is 15.9 Å². The van der Waals surface area contributed by atoms with E-state index in [0.717, 1.165) is 10.0 Å². The SMILES string of the molecule is CNCc1n[nH]c(C)c1S(=O)(=O)NCc1cccc(Br)c1. The molecule has 0 spiro atoms. The normalized spacial score (nSPS) is 11.8. The minimum Gasteiger partial charge on any atom is -0.314 e.